The fourth-order valence-corrected chi connectivity index (χ4v) is 4.15. The summed E-state index contributed by atoms with van der Waals surface area (Å²) in [5.74, 6) is 0.108. The molecule has 1 saturated carbocycles. The number of hydrogen-bond donors (Lipinski definition) is 1. The minimum absolute atomic E-state index is 0.00160. The first-order chi connectivity index (χ1) is 10.0. The van der Waals surface area contributed by atoms with E-state index in [-0.39, 0.29) is 11.8 Å². The average molecular weight is 306 g/mol. The molecule has 3 rings (SSSR count). The van der Waals surface area contributed by atoms with E-state index in [0.29, 0.717) is 13.0 Å². The number of nitrogens with one attached hydrogen (secondary N) is 1. The highest BCUT2D eigenvalue weighted by Crippen LogP contribution is 2.39. The predicted molar refractivity (Wildman–Crippen MR) is 82.9 cm³/mol. The summed E-state index contributed by atoms with van der Waals surface area (Å²) in [5.41, 5.74) is -0.273. The second-order valence-corrected chi connectivity index (χ2v) is 7.17. The van der Waals surface area contributed by atoms with E-state index in [2.05, 4.69) is 10.7 Å². The van der Waals surface area contributed by atoms with Gasteiger partial charge in [-0.1, -0.05) is 19.8 Å². The van der Waals surface area contributed by atoms with E-state index in [4.69, 9.17) is 0 Å². The van der Waals surface area contributed by atoms with Gasteiger partial charge in [-0.05, 0) is 48.6 Å². The first-order valence-electron chi connectivity index (χ1n) is 7.68. The SMILES string of the molecule is CCC1(C)C(=O)NC2(CCCC2)C(=O)N1Cc1ccsc1. The zero-order chi connectivity index (χ0) is 15.1. The van der Waals surface area contributed by atoms with E-state index in [0.717, 1.165) is 31.2 Å². The molecule has 2 heterocycles. The number of carbonyl (C=O) groups excluding carboxylic acids is 2. The van der Waals surface area contributed by atoms with Gasteiger partial charge in [0, 0.05) is 6.54 Å². The van der Waals surface area contributed by atoms with Crippen LogP contribution in [-0.4, -0.2) is 27.8 Å². The van der Waals surface area contributed by atoms with Gasteiger partial charge in [0.05, 0.1) is 0 Å². The number of piperazine rings is 1. The normalized spacial score (nSPS) is 28.2. The maximum Gasteiger partial charge on any atom is 0.249 e. The van der Waals surface area contributed by atoms with E-state index in [1.165, 1.54) is 0 Å². The van der Waals surface area contributed by atoms with Gasteiger partial charge in [0.25, 0.3) is 0 Å². The van der Waals surface area contributed by atoms with Gasteiger partial charge < -0.3 is 10.2 Å². The molecule has 1 aliphatic carbocycles. The molecule has 21 heavy (non-hydrogen) atoms. The molecule has 4 nitrogen and oxygen atoms in total. The maximum atomic E-state index is 13.1. The third-order valence-corrected chi connectivity index (χ3v) is 5.89. The van der Waals surface area contributed by atoms with Crippen LogP contribution in [0.4, 0.5) is 0 Å². The summed E-state index contributed by atoms with van der Waals surface area (Å²) in [7, 11) is 0. The van der Waals surface area contributed by atoms with Crippen molar-refractivity contribution in [2.24, 2.45) is 0 Å². The van der Waals surface area contributed by atoms with Crippen molar-refractivity contribution in [1.82, 2.24) is 10.2 Å². The molecule has 2 fully saturated rings. The number of rotatable bonds is 3. The Bertz CT molecular complexity index is 549. The lowest BCUT2D eigenvalue weighted by Crippen LogP contribution is -2.73. The van der Waals surface area contributed by atoms with Crippen LogP contribution in [0.5, 0.6) is 0 Å². The number of thiophene rings is 1. The molecular weight excluding hydrogens is 284 g/mol. The summed E-state index contributed by atoms with van der Waals surface area (Å²) >= 11 is 1.62. The Labute approximate surface area is 129 Å². The highest BCUT2D eigenvalue weighted by molar-refractivity contribution is 7.07. The molecule has 5 heteroatoms. The van der Waals surface area contributed by atoms with Crippen LogP contribution in [0.25, 0.3) is 0 Å². The molecule has 114 valence electrons. The molecular formula is C16H22N2O2S. The smallest absolute Gasteiger partial charge is 0.249 e. The van der Waals surface area contributed by atoms with Crippen LogP contribution in [0.3, 0.4) is 0 Å². The van der Waals surface area contributed by atoms with Gasteiger partial charge in [-0.25, -0.2) is 0 Å². The number of carbonyl (C=O) groups is 2. The van der Waals surface area contributed by atoms with E-state index in [1.807, 2.05) is 30.2 Å². The van der Waals surface area contributed by atoms with Crippen molar-refractivity contribution in [2.75, 3.05) is 0 Å². The number of nitrogens with zero attached hydrogens (tertiary/aromatic N) is 1. The third-order valence-electron chi connectivity index (χ3n) is 5.16. The molecule has 0 bridgehead atoms. The standard InChI is InChI=1S/C16H22N2O2S/c1-3-15(2)13(19)17-16(7-4-5-8-16)14(20)18(15)10-12-6-9-21-11-12/h6,9,11H,3-5,7-8,10H2,1-2H3,(H,17,19). The zero-order valence-corrected chi connectivity index (χ0v) is 13.5. The fraction of sp³-hybridized carbons (Fsp3) is 0.625. The predicted octanol–water partition coefficient (Wildman–Crippen LogP) is 2.69. The highest BCUT2D eigenvalue weighted by atomic mass is 32.1. The van der Waals surface area contributed by atoms with Gasteiger partial charge in [-0.15, -0.1) is 0 Å². The molecule has 0 radical (unpaired) electrons. The lowest BCUT2D eigenvalue weighted by molar-refractivity contribution is -0.163. The van der Waals surface area contributed by atoms with Gasteiger partial charge in [0.2, 0.25) is 11.8 Å². The van der Waals surface area contributed by atoms with Gasteiger partial charge in [0.1, 0.15) is 11.1 Å². The van der Waals surface area contributed by atoms with Gasteiger partial charge >= 0.3 is 0 Å². The highest BCUT2D eigenvalue weighted by Gasteiger charge is 2.56. The van der Waals surface area contributed by atoms with E-state index in [9.17, 15) is 9.59 Å². The molecule has 1 aromatic heterocycles. The Balaban J connectivity index is 1.97. The molecule has 1 N–H and O–H groups in total. The minimum atomic E-state index is -0.743. The molecule has 1 atom stereocenters. The molecule has 1 aliphatic heterocycles. The second kappa shape index (κ2) is 5.13. The van der Waals surface area contributed by atoms with Gasteiger partial charge in [-0.2, -0.15) is 11.3 Å². The topological polar surface area (TPSA) is 49.4 Å². The molecule has 2 amide bonds. The Hall–Kier alpha value is -1.36. The largest absolute Gasteiger partial charge is 0.340 e. The van der Waals surface area contributed by atoms with Crippen LogP contribution in [-0.2, 0) is 16.1 Å². The van der Waals surface area contributed by atoms with Gasteiger partial charge in [0.15, 0.2) is 0 Å². The molecule has 1 saturated heterocycles. The van der Waals surface area contributed by atoms with Crippen LogP contribution in [0.2, 0.25) is 0 Å². The molecule has 1 unspecified atom stereocenters. The average Bonchev–Trinajstić information content (AvgIpc) is 3.14. The molecule has 1 spiro atoms. The second-order valence-electron chi connectivity index (χ2n) is 6.39. The van der Waals surface area contributed by atoms with Crippen LogP contribution in [0.1, 0.15) is 51.5 Å². The quantitative estimate of drug-likeness (QED) is 0.933. The van der Waals surface area contributed by atoms with Crippen molar-refractivity contribution in [1.29, 1.82) is 0 Å². The Morgan fingerprint density at radius 2 is 2.05 bits per heavy atom. The van der Waals surface area contributed by atoms with Crippen LogP contribution >= 0.6 is 11.3 Å². The van der Waals surface area contributed by atoms with Crippen LogP contribution < -0.4 is 5.32 Å². The minimum Gasteiger partial charge on any atom is -0.340 e. The summed E-state index contributed by atoms with van der Waals surface area (Å²) in [6.07, 6.45) is 4.21. The van der Waals surface area contributed by atoms with E-state index >= 15 is 0 Å². The van der Waals surface area contributed by atoms with Crippen LogP contribution in [0, 0.1) is 0 Å². The summed E-state index contributed by atoms with van der Waals surface area (Å²) < 4.78 is 0. The van der Waals surface area contributed by atoms with Crippen molar-refractivity contribution >= 4 is 23.2 Å². The van der Waals surface area contributed by atoms with Crippen LogP contribution in [0.15, 0.2) is 16.8 Å². The summed E-state index contributed by atoms with van der Waals surface area (Å²) in [4.78, 5) is 27.6. The van der Waals surface area contributed by atoms with E-state index in [1.54, 1.807) is 11.3 Å². The first kappa shape index (κ1) is 14.6. The number of hydrogen-bond acceptors (Lipinski definition) is 3. The summed E-state index contributed by atoms with van der Waals surface area (Å²) in [6, 6.07) is 2.03. The first-order valence-corrected chi connectivity index (χ1v) is 8.62. The lowest BCUT2D eigenvalue weighted by Gasteiger charge is -2.50. The third kappa shape index (κ3) is 2.18. The molecule has 1 aromatic rings. The van der Waals surface area contributed by atoms with Crippen molar-refractivity contribution in [3.05, 3.63) is 22.4 Å². The molecule has 0 aromatic carbocycles. The van der Waals surface area contributed by atoms with Crippen molar-refractivity contribution < 1.29 is 9.59 Å². The van der Waals surface area contributed by atoms with Crippen molar-refractivity contribution in [3.63, 3.8) is 0 Å². The number of amides is 2. The van der Waals surface area contributed by atoms with Gasteiger partial charge in [-0.3, -0.25) is 9.59 Å². The van der Waals surface area contributed by atoms with E-state index < -0.39 is 11.1 Å². The summed E-state index contributed by atoms with van der Waals surface area (Å²) in [6.45, 7) is 4.39. The summed E-state index contributed by atoms with van der Waals surface area (Å²) in [5, 5.41) is 7.13. The Morgan fingerprint density at radius 1 is 1.33 bits per heavy atom. The van der Waals surface area contributed by atoms with Crippen molar-refractivity contribution in [3.8, 4) is 0 Å². The molecule has 2 aliphatic rings. The zero-order valence-electron chi connectivity index (χ0n) is 12.6. The monoisotopic (exact) mass is 306 g/mol. The Morgan fingerprint density at radius 3 is 2.62 bits per heavy atom. The maximum absolute atomic E-state index is 13.1. The van der Waals surface area contributed by atoms with Crippen molar-refractivity contribution in [2.45, 2.75) is 63.6 Å². The fourth-order valence-electron chi connectivity index (χ4n) is 3.49. The Kier molecular flexibility index (Phi) is 3.56. The lowest BCUT2D eigenvalue weighted by atomic mass is 9.83.